The molecule has 37 heavy (non-hydrogen) atoms. The largest absolute Gasteiger partial charge is 0.457 e. The van der Waals surface area contributed by atoms with E-state index in [1.54, 1.807) is 0 Å². The Morgan fingerprint density at radius 1 is 0.595 bits per heavy atom. The third-order valence-corrected chi connectivity index (χ3v) is 6.53. The van der Waals surface area contributed by atoms with Crippen molar-refractivity contribution >= 4 is 21.8 Å². The van der Waals surface area contributed by atoms with E-state index in [0.717, 1.165) is 50.6 Å². The molecule has 0 atom stereocenters. The van der Waals surface area contributed by atoms with Crippen molar-refractivity contribution in [3.8, 4) is 34.1 Å². The van der Waals surface area contributed by atoms with Gasteiger partial charge in [-0.2, -0.15) is 5.10 Å². The molecule has 5 heteroatoms. The molecule has 0 saturated carbocycles. The molecule has 0 aliphatic rings. The van der Waals surface area contributed by atoms with Gasteiger partial charge >= 0.3 is 0 Å². The van der Waals surface area contributed by atoms with Gasteiger partial charge in [0.15, 0.2) is 0 Å². The van der Waals surface area contributed by atoms with Gasteiger partial charge in [-0.3, -0.25) is 4.57 Å². The molecule has 0 saturated heterocycles. The summed E-state index contributed by atoms with van der Waals surface area (Å²) in [5.74, 6) is 2.38. The van der Waals surface area contributed by atoms with Crippen LogP contribution in [0.1, 0.15) is 0 Å². The average Bonchev–Trinajstić information content (AvgIpc) is 3.58. The number of hydrogen-bond donors (Lipinski definition) is 0. The normalized spacial score (nSPS) is 11.2. The molecule has 3 aromatic heterocycles. The Morgan fingerprint density at radius 2 is 1.41 bits per heavy atom. The quantitative estimate of drug-likeness (QED) is 0.253. The minimum absolute atomic E-state index is 0.745. The smallest absolute Gasteiger partial charge is 0.137 e. The molecule has 176 valence electrons. The van der Waals surface area contributed by atoms with Gasteiger partial charge in [-0.25, -0.2) is 9.67 Å². The zero-order chi connectivity index (χ0) is 24.6. The topological polar surface area (TPSA) is 44.9 Å². The van der Waals surface area contributed by atoms with Crippen LogP contribution in [0.5, 0.6) is 11.5 Å². The fourth-order valence-corrected chi connectivity index (χ4v) is 4.82. The van der Waals surface area contributed by atoms with Crippen LogP contribution in [0.4, 0.5) is 0 Å². The molecular formula is C32H22N4O. The number of fused-ring (bicyclic) bond motifs is 3. The first kappa shape index (κ1) is 21.1. The second kappa shape index (κ2) is 8.81. The SMILES string of the molecule is c1ccc(-c2cnn(-c3cccc(Oc4ccc5c6ccccc6n(-c6ccccn6)c5c4)c3)c2)cc1. The van der Waals surface area contributed by atoms with Crippen molar-refractivity contribution in [1.82, 2.24) is 19.3 Å². The van der Waals surface area contributed by atoms with Crippen LogP contribution >= 0.6 is 0 Å². The predicted octanol–water partition coefficient (Wildman–Crippen LogP) is 7.82. The highest BCUT2D eigenvalue weighted by atomic mass is 16.5. The third kappa shape index (κ3) is 3.83. The number of hydrogen-bond acceptors (Lipinski definition) is 3. The Bertz CT molecular complexity index is 1850. The van der Waals surface area contributed by atoms with Crippen molar-refractivity contribution in [2.75, 3.05) is 0 Å². The lowest BCUT2D eigenvalue weighted by atomic mass is 10.1. The van der Waals surface area contributed by atoms with E-state index in [4.69, 9.17) is 4.74 Å². The molecule has 7 aromatic rings. The number of aromatic nitrogens is 4. The van der Waals surface area contributed by atoms with Gasteiger partial charge in [0.05, 0.1) is 22.9 Å². The van der Waals surface area contributed by atoms with Crippen LogP contribution in [-0.2, 0) is 0 Å². The van der Waals surface area contributed by atoms with E-state index in [1.807, 2.05) is 90.0 Å². The van der Waals surface area contributed by atoms with Crippen molar-refractivity contribution in [3.63, 3.8) is 0 Å². The number of para-hydroxylation sites is 1. The van der Waals surface area contributed by atoms with E-state index >= 15 is 0 Å². The van der Waals surface area contributed by atoms with Gasteiger partial charge in [-0.1, -0.05) is 60.7 Å². The zero-order valence-electron chi connectivity index (χ0n) is 19.9. The van der Waals surface area contributed by atoms with Crippen molar-refractivity contribution in [3.05, 3.63) is 134 Å². The van der Waals surface area contributed by atoms with Crippen LogP contribution in [0.15, 0.2) is 134 Å². The highest BCUT2D eigenvalue weighted by Crippen LogP contribution is 2.35. The molecule has 0 bridgehead atoms. The van der Waals surface area contributed by atoms with Gasteiger partial charge in [0.2, 0.25) is 0 Å². The molecule has 0 unspecified atom stereocenters. The first-order valence-electron chi connectivity index (χ1n) is 12.2. The maximum Gasteiger partial charge on any atom is 0.137 e. The van der Waals surface area contributed by atoms with E-state index in [2.05, 4.69) is 63.2 Å². The van der Waals surface area contributed by atoms with E-state index in [1.165, 1.54) is 5.39 Å². The zero-order valence-corrected chi connectivity index (χ0v) is 19.9. The van der Waals surface area contributed by atoms with Gasteiger partial charge in [0.1, 0.15) is 17.3 Å². The number of rotatable bonds is 5. The Balaban J connectivity index is 1.26. The Hall–Kier alpha value is -5.16. The lowest BCUT2D eigenvalue weighted by Gasteiger charge is -2.10. The van der Waals surface area contributed by atoms with Crippen LogP contribution in [0.25, 0.3) is 44.4 Å². The van der Waals surface area contributed by atoms with Crippen molar-refractivity contribution in [1.29, 1.82) is 0 Å². The number of ether oxygens (including phenoxy) is 1. The number of benzene rings is 4. The molecule has 4 aromatic carbocycles. The molecule has 7 rings (SSSR count). The molecule has 0 aliphatic heterocycles. The van der Waals surface area contributed by atoms with Crippen molar-refractivity contribution < 1.29 is 4.74 Å². The molecule has 5 nitrogen and oxygen atoms in total. The molecular weight excluding hydrogens is 456 g/mol. The summed E-state index contributed by atoms with van der Waals surface area (Å²) in [6.07, 6.45) is 5.74. The van der Waals surface area contributed by atoms with Crippen LogP contribution in [-0.4, -0.2) is 19.3 Å². The molecule has 0 spiro atoms. The first-order valence-corrected chi connectivity index (χ1v) is 12.2. The minimum atomic E-state index is 0.745. The number of nitrogens with zero attached hydrogens (tertiary/aromatic N) is 4. The fourth-order valence-electron chi connectivity index (χ4n) is 4.82. The molecule has 0 radical (unpaired) electrons. The van der Waals surface area contributed by atoms with Gasteiger partial charge in [-0.05, 0) is 48.0 Å². The lowest BCUT2D eigenvalue weighted by molar-refractivity contribution is 0.483. The first-order chi connectivity index (χ1) is 18.3. The lowest BCUT2D eigenvalue weighted by Crippen LogP contribution is -1.96. The van der Waals surface area contributed by atoms with E-state index < -0.39 is 0 Å². The molecule has 0 amide bonds. The summed E-state index contributed by atoms with van der Waals surface area (Å²) < 4.78 is 10.4. The third-order valence-electron chi connectivity index (χ3n) is 6.53. The minimum Gasteiger partial charge on any atom is -0.457 e. The van der Waals surface area contributed by atoms with Crippen LogP contribution in [0.2, 0.25) is 0 Å². The Labute approximate surface area is 213 Å². The second-order valence-electron chi connectivity index (χ2n) is 8.86. The maximum absolute atomic E-state index is 6.35. The number of pyridine rings is 1. The average molecular weight is 479 g/mol. The molecule has 0 aliphatic carbocycles. The van der Waals surface area contributed by atoms with Crippen LogP contribution in [0, 0.1) is 0 Å². The summed E-state index contributed by atoms with van der Waals surface area (Å²) in [5, 5.41) is 6.92. The summed E-state index contributed by atoms with van der Waals surface area (Å²) in [5.41, 5.74) is 5.30. The van der Waals surface area contributed by atoms with Crippen molar-refractivity contribution in [2.45, 2.75) is 0 Å². The van der Waals surface area contributed by atoms with E-state index in [-0.39, 0.29) is 0 Å². The van der Waals surface area contributed by atoms with Gasteiger partial charge in [-0.15, -0.1) is 0 Å². The van der Waals surface area contributed by atoms with E-state index in [9.17, 15) is 0 Å². The van der Waals surface area contributed by atoms with Crippen LogP contribution in [0.3, 0.4) is 0 Å². The molecule has 0 N–H and O–H groups in total. The summed E-state index contributed by atoms with van der Waals surface area (Å²) in [6, 6.07) is 38.8. The Morgan fingerprint density at radius 3 is 2.30 bits per heavy atom. The van der Waals surface area contributed by atoms with Gasteiger partial charge in [0.25, 0.3) is 0 Å². The van der Waals surface area contributed by atoms with Gasteiger partial charge in [0, 0.05) is 40.9 Å². The summed E-state index contributed by atoms with van der Waals surface area (Å²) in [7, 11) is 0. The summed E-state index contributed by atoms with van der Waals surface area (Å²) in [6.45, 7) is 0. The highest BCUT2D eigenvalue weighted by molar-refractivity contribution is 6.09. The van der Waals surface area contributed by atoms with E-state index in [0.29, 0.717) is 0 Å². The molecule has 3 heterocycles. The van der Waals surface area contributed by atoms with Crippen LogP contribution < -0.4 is 4.74 Å². The monoisotopic (exact) mass is 478 g/mol. The molecule has 0 fully saturated rings. The Kier molecular flexibility index (Phi) is 5.03. The highest BCUT2D eigenvalue weighted by Gasteiger charge is 2.14. The standard InChI is InChI=1S/C32H22N4O/c1-2-9-23(10-3-1)24-21-34-35(22-24)25-11-8-12-26(19-25)37-27-16-17-29-28-13-4-5-14-30(28)36(31(29)20-27)32-15-6-7-18-33-32/h1-22H. The second-order valence-corrected chi connectivity index (χ2v) is 8.86. The summed E-state index contributed by atoms with van der Waals surface area (Å²) >= 11 is 0. The summed E-state index contributed by atoms with van der Waals surface area (Å²) in [4.78, 5) is 4.62. The predicted molar refractivity (Wildman–Crippen MR) is 148 cm³/mol. The van der Waals surface area contributed by atoms with Gasteiger partial charge < -0.3 is 4.74 Å². The maximum atomic E-state index is 6.35. The van der Waals surface area contributed by atoms with Crippen molar-refractivity contribution in [2.24, 2.45) is 0 Å². The fraction of sp³-hybridized carbons (Fsp3) is 0.